The molecule has 26 heavy (non-hydrogen) atoms. The number of thiazole rings is 1. The Morgan fingerprint density at radius 2 is 1.92 bits per heavy atom. The number of ether oxygens (including phenoxy) is 1. The monoisotopic (exact) mass is 369 g/mol. The van der Waals surface area contributed by atoms with Crippen LogP contribution in [0.2, 0.25) is 0 Å². The van der Waals surface area contributed by atoms with Gasteiger partial charge in [0.05, 0.1) is 7.11 Å². The van der Waals surface area contributed by atoms with Crippen molar-refractivity contribution < 1.29 is 9.53 Å². The maximum Gasteiger partial charge on any atom is 0.271 e. The first kappa shape index (κ1) is 17.8. The molecule has 3 rings (SSSR count). The summed E-state index contributed by atoms with van der Waals surface area (Å²) in [6, 6.07) is 9.44. The van der Waals surface area contributed by atoms with E-state index >= 15 is 0 Å². The highest BCUT2D eigenvalue weighted by atomic mass is 32.1. The maximum atomic E-state index is 12.3. The molecule has 0 aliphatic rings. The lowest BCUT2D eigenvalue weighted by Gasteiger charge is -2.06. The van der Waals surface area contributed by atoms with E-state index in [9.17, 15) is 4.79 Å². The molecule has 0 aliphatic heterocycles. The number of aromatic nitrogens is 3. The molecular formula is C18H19N5O2S. The highest BCUT2D eigenvalue weighted by Crippen LogP contribution is 2.19. The largest absolute Gasteiger partial charge is 0.497 e. The van der Waals surface area contributed by atoms with Gasteiger partial charge in [0.2, 0.25) is 5.95 Å². The molecule has 0 fully saturated rings. The Hall–Kier alpha value is -3.00. The summed E-state index contributed by atoms with van der Waals surface area (Å²) in [7, 11) is 1.61. The molecule has 0 aliphatic carbocycles. The third-order valence-electron chi connectivity index (χ3n) is 3.53. The van der Waals surface area contributed by atoms with Crippen LogP contribution >= 0.6 is 11.3 Å². The summed E-state index contributed by atoms with van der Waals surface area (Å²) in [5.74, 6) is 0.990. The molecule has 2 N–H and O–H groups in total. The lowest BCUT2D eigenvalue weighted by molar-refractivity contribution is 0.0946. The predicted octanol–water partition coefficient (Wildman–Crippen LogP) is 3.23. The van der Waals surface area contributed by atoms with Crippen LogP contribution in [0.25, 0.3) is 0 Å². The zero-order valence-corrected chi connectivity index (χ0v) is 15.6. The number of benzene rings is 1. The summed E-state index contributed by atoms with van der Waals surface area (Å²) in [4.78, 5) is 25.2. The van der Waals surface area contributed by atoms with Gasteiger partial charge in [0.15, 0.2) is 5.13 Å². The lowest BCUT2D eigenvalue weighted by Crippen LogP contribution is -2.23. The minimum absolute atomic E-state index is 0.238. The molecule has 0 unspecified atom stereocenters. The second kappa shape index (κ2) is 7.92. The van der Waals surface area contributed by atoms with Crippen LogP contribution < -0.4 is 15.4 Å². The van der Waals surface area contributed by atoms with Crippen molar-refractivity contribution in [1.29, 1.82) is 0 Å². The number of anilines is 2. The van der Waals surface area contributed by atoms with Crippen molar-refractivity contribution in [1.82, 2.24) is 20.3 Å². The van der Waals surface area contributed by atoms with E-state index in [1.807, 2.05) is 44.2 Å². The van der Waals surface area contributed by atoms with Crippen LogP contribution in [0, 0.1) is 13.8 Å². The van der Waals surface area contributed by atoms with E-state index in [0.29, 0.717) is 23.3 Å². The highest BCUT2D eigenvalue weighted by Gasteiger charge is 2.12. The van der Waals surface area contributed by atoms with E-state index < -0.39 is 0 Å². The van der Waals surface area contributed by atoms with Gasteiger partial charge in [-0.15, -0.1) is 11.3 Å². The van der Waals surface area contributed by atoms with E-state index in [0.717, 1.165) is 22.7 Å². The summed E-state index contributed by atoms with van der Waals surface area (Å²) in [5, 5.41) is 8.16. The van der Waals surface area contributed by atoms with E-state index in [1.54, 1.807) is 12.5 Å². The summed E-state index contributed by atoms with van der Waals surface area (Å²) < 4.78 is 5.18. The molecule has 7 nitrogen and oxygen atoms in total. The number of carbonyl (C=O) groups excluding carboxylic acids is 1. The van der Waals surface area contributed by atoms with Gasteiger partial charge in [-0.05, 0) is 37.6 Å². The Morgan fingerprint density at radius 1 is 1.15 bits per heavy atom. The van der Waals surface area contributed by atoms with Crippen molar-refractivity contribution in [2.24, 2.45) is 0 Å². The summed E-state index contributed by atoms with van der Waals surface area (Å²) in [6.07, 6.45) is 0. The normalized spacial score (nSPS) is 10.4. The Kier molecular flexibility index (Phi) is 5.43. The summed E-state index contributed by atoms with van der Waals surface area (Å²) in [5.41, 5.74) is 3.04. The first-order valence-corrected chi connectivity index (χ1v) is 8.87. The second-order valence-electron chi connectivity index (χ2n) is 5.67. The predicted molar refractivity (Wildman–Crippen MR) is 101 cm³/mol. The molecule has 0 radical (unpaired) electrons. The van der Waals surface area contributed by atoms with Crippen LogP contribution in [0.1, 0.15) is 27.4 Å². The van der Waals surface area contributed by atoms with Gasteiger partial charge in [-0.3, -0.25) is 4.79 Å². The topological polar surface area (TPSA) is 89.0 Å². The Morgan fingerprint density at radius 3 is 2.65 bits per heavy atom. The lowest BCUT2D eigenvalue weighted by atomic mass is 10.2. The Labute approximate surface area is 155 Å². The smallest absolute Gasteiger partial charge is 0.271 e. The average Bonchev–Trinajstić information content (AvgIpc) is 3.07. The minimum atomic E-state index is -0.238. The van der Waals surface area contributed by atoms with E-state index in [1.165, 1.54) is 11.3 Å². The summed E-state index contributed by atoms with van der Waals surface area (Å²) >= 11 is 1.33. The average molecular weight is 369 g/mol. The van der Waals surface area contributed by atoms with Crippen molar-refractivity contribution in [2.45, 2.75) is 20.4 Å². The van der Waals surface area contributed by atoms with Crippen molar-refractivity contribution in [2.75, 3.05) is 12.4 Å². The Balaban J connectivity index is 1.62. The van der Waals surface area contributed by atoms with Gasteiger partial charge in [0.25, 0.3) is 5.91 Å². The van der Waals surface area contributed by atoms with Crippen LogP contribution in [0.5, 0.6) is 5.75 Å². The molecule has 0 saturated carbocycles. The van der Waals surface area contributed by atoms with Gasteiger partial charge in [-0.25, -0.2) is 15.0 Å². The number of rotatable bonds is 6. The van der Waals surface area contributed by atoms with E-state index in [-0.39, 0.29) is 5.91 Å². The van der Waals surface area contributed by atoms with Crippen LogP contribution in [0.4, 0.5) is 11.1 Å². The van der Waals surface area contributed by atoms with Crippen LogP contribution in [0.15, 0.2) is 35.7 Å². The number of aryl methyl sites for hydroxylation is 2. The van der Waals surface area contributed by atoms with E-state index in [4.69, 9.17) is 4.74 Å². The molecule has 2 heterocycles. The molecule has 0 spiro atoms. The number of carbonyl (C=O) groups is 1. The summed E-state index contributed by atoms with van der Waals surface area (Å²) in [6.45, 7) is 4.20. The maximum absolute atomic E-state index is 12.3. The van der Waals surface area contributed by atoms with Gasteiger partial charge >= 0.3 is 0 Å². The fourth-order valence-electron chi connectivity index (χ4n) is 2.37. The molecule has 0 bridgehead atoms. The standard InChI is InChI=1S/C18H19N5O2S/c1-11-7-12(2)21-17(20-11)23-18-22-15(10-26-18)16(24)19-9-13-5-4-6-14(8-13)25-3/h4-8,10H,9H2,1-3H3,(H,19,24)(H,20,21,22,23). The molecule has 8 heteroatoms. The SMILES string of the molecule is COc1cccc(CNC(=O)c2csc(Nc3nc(C)cc(C)n3)n2)c1. The van der Waals surface area contributed by atoms with Gasteiger partial charge in [0, 0.05) is 23.3 Å². The first-order valence-electron chi connectivity index (χ1n) is 7.99. The van der Waals surface area contributed by atoms with Gasteiger partial charge in [0.1, 0.15) is 11.4 Å². The fraction of sp³-hybridized carbons (Fsp3) is 0.222. The molecule has 0 atom stereocenters. The molecule has 2 aromatic heterocycles. The van der Waals surface area contributed by atoms with Crippen molar-refractivity contribution >= 4 is 28.3 Å². The van der Waals surface area contributed by atoms with Crippen LogP contribution in [-0.4, -0.2) is 28.0 Å². The quantitative estimate of drug-likeness (QED) is 0.693. The molecule has 1 amide bonds. The minimum Gasteiger partial charge on any atom is -0.497 e. The van der Waals surface area contributed by atoms with E-state index in [2.05, 4.69) is 25.6 Å². The van der Waals surface area contributed by atoms with Gasteiger partial charge in [-0.1, -0.05) is 12.1 Å². The van der Waals surface area contributed by atoms with Gasteiger partial charge in [-0.2, -0.15) is 0 Å². The third kappa shape index (κ3) is 4.54. The van der Waals surface area contributed by atoms with Crippen LogP contribution in [-0.2, 0) is 6.54 Å². The Bertz CT molecular complexity index is 905. The zero-order valence-electron chi connectivity index (χ0n) is 14.7. The van der Waals surface area contributed by atoms with Crippen molar-refractivity contribution in [3.8, 4) is 5.75 Å². The molecule has 3 aromatic rings. The van der Waals surface area contributed by atoms with Crippen molar-refractivity contribution in [3.05, 3.63) is 58.4 Å². The number of methoxy groups -OCH3 is 1. The number of amides is 1. The van der Waals surface area contributed by atoms with Crippen molar-refractivity contribution in [3.63, 3.8) is 0 Å². The third-order valence-corrected chi connectivity index (χ3v) is 4.28. The zero-order chi connectivity index (χ0) is 18.5. The number of hydrogen-bond donors (Lipinski definition) is 2. The van der Waals surface area contributed by atoms with Gasteiger partial charge < -0.3 is 15.4 Å². The second-order valence-corrected chi connectivity index (χ2v) is 6.53. The molecular weight excluding hydrogens is 350 g/mol. The van der Waals surface area contributed by atoms with Crippen LogP contribution in [0.3, 0.4) is 0 Å². The number of nitrogens with one attached hydrogen (secondary N) is 2. The highest BCUT2D eigenvalue weighted by molar-refractivity contribution is 7.14. The first-order chi connectivity index (χ1) is 12.5. The molecule has 1 aromatic carbocycles. The molecule has 134 valence electrons. The number of nitrogens with zero attached hydrogens (tertiary/aromatic N) is 3. The number of hydrogen-bond acceptors (Lipinski definition) is 7. The molecule has 0 saturated heterocycles. The fourth-order valence-corrected chi connectivity index (χ4v) is 3.05.